The third kappa shape index (κ3) is 3.19. The number of hydrogen-bond donors (Lipinski definition) is 1. The fourth-order valence-corrected chi connectivity index (χ4v) is 2.69. The molecule has 0 unspecified atom stereocenters. The number of allylic oxidation sites excluding steroid dienone is 1. The largest absolute Gasteiger partial charge is 0.368 e. The van der Waals surface area contributed by atoms with Crippen LogP contribution in [0.2, 0.25) is 0 Å². The van der Waals surface area contributed by atoms with Crippen LogP contribution < -0.4 is 5.73 Å². The number of halogens is 1. The highest BCUT2D eigenvalue weighted by Crippen LogP contribution is 2.29. The predicted molar refractivity (Wildman–Crippen MR) is 77.2 cm³/mol. The molecule has 7 nitrogen and oxygen atoms in total. The Bertz CT molecular complexity index is 688. The predicted octanol–water partition coefficient (Wildman–Crippen LogP) is 2.39. The van der Waals surface area contributed by atoms with E-state index in [0.717, 1.165) is 11.8 Å². The first kappa shape index (κ1) is 15.0. The summed E-state index contributed by atoms with van der Waals surface area (Å²) >= 11 is 1.12. The molecular weight excluding hydrogens is 297 g/mol. The molecule has 0 bridgehead atoms. The highest BCUT2D eigenvalue weighted by molar-refractivity contribution is 7.98. The average Bonchev–Trinajstić information content (AvgIpc) is 2.79. The Balaban J connectivity index is 2.25. The van der Waals surface area contributed by atoms with Crippen LogP contribution in [0, 0.1) is 15.9 Å². The van der Waals surface area contributed by atoms with Crippen molar-refractivity contribution in [2.75, 3.05) is 5.73 Å². The van der Waals surface area contributed by atoms with E-state index in [4.69, 9.17) is 5.73 Å². The van der Waals surface area contributed by atoms with E-state index < -0.39 is 10.7 Å². The van der Waals surface area contributed by atoms with E-state index in [-0.39, 0.29) is 23.0 Å². The van der Waals surface area contributed by atoms with Crippen LogP contribution in [0.1, 0.15) is 5.56 Å². The summed E-state index contributed by atoms with van der Waals surface area (Å²) in [7, 11) is 0. The molecule has 1 aromatic carbocycles. The standard InChI is InChI=1S/C12H12FN5O2S/c1-2-6-17-11(14)15-16-12(17)21-7-8-9(13)4-3-5-10(8)18(19)20/h2-5H,1,6-7H2,(H2,14,15). The Morgan fingerprint density at radius 2 is 2.29 bits per heavy atom. The van der Waals surface area contributed by atoms with Crippen LogP contribution in [0.5, 0.6) is 0 Å². The second-order valence-electron chi connectivity index (χ2n) is 4.02. The highest BCUT2D eigenvalue weighted by atomic mass is 32.2. The van der Waals surface area contributed by atoms with Gasteiger partial charge in [0.2, 0.25) is 5.95 Å². The van der Waals surface area contributed by atoms with E-state index in [9.17, 15) is 14.5 Å². The summed E-state index contributed by atoms with van der Waals surface area (Å²) in [6.45, 7) is 4.00. The van der Waals surface area contributed by atoms with Crippen molar-refractivity contribution in [3.63, 3.8) is 0 Å². The van der Waals surface area contributed by atoms with E-state index in [2.05, 4.69) is 16.8 Å². The molecule has 2 rings (SSSR count). The summed E-state index contributed by atoms with van der Waals surface area (Å²) in [5.41, 5.74) is 5.40. The zero-order valence-electron chi connectivity index (χ0n) is 10.9. The third-order valence-corrected chi connectivity index (χ3v) is 3.69. The normalized spacial score (nSPS) is 10.5. The van der Waals surface area contributed by atoms with E-state index in [1.54, 1.807) is 10.6 Å². The highest BCUT2D eigenvalue weighted by Gasteiger charge is 2.19. The number of benzene rings is 1. The minimum Gasteiger partial charge on any atom is -0.368 e. The fourth-order valence-electron chi connectivity index (χ4n) is 1.71. The van der Waals surface area contributed by atoms with Gasteiger partial charge in [-0.1, -0.05) is 23.9 Å². The number of nitro groups is 1. The molecule has 0 aliphatic carbocycles. The minimum atomic E-state index is -0.626. The smallest absolute Gasteiger partial charge is 0.276 e. The molecule has 0 amide bonds. The third-order valence-electron chi connectivity index (χ3n) is 2.69. The fraction of sp³-hybridized carbons (Fsp3) is 0.167. The van der Waals surface area contributed by atoms with Crippen molar-refractivity contribution in [2.24, 2.45) is 0 Å². The zero-order chi connectivity index (χ0) is 15.4. The number of thioether (sulfide) groups is 1. The molecule has 0 fully saturated rings. The topological polar surface area (TPSA) is 99.9 Å². The first-order chi connectivity index (χ1) is 10.0. The molecule has 2 N–H and O–H groups in total. The molecule has 1 aromatic heterocycles. The van der Waals surface area contributed by atoms with Crippen LogP contribution >= 0.6 is 11.8 Å². The molecule has 2 aromatic rings. The number of aromatic nitrogens is 3. The van der Waals surface area contributed by atoms with Gasteiger partial charge in [-0.25, -0.2) is 4.39 Å². The van der Waals surface area contributed by atoms with Crippen molar-refractivity contribution in [1.29, 1.82) is 0 Å². The van der Waals surface area contributed by atoms with Gasteiger partial charge < -0.3 is 5.73 Å². The number of nitrogens with two attached hydrogens (primary N) is 1. The van der Waals surface area contributed by atoms with Gasteiger partial charge in [0.25, 0.3) is 5.69 Å². The number of nitrogens with zero attached hydrogens (tertiary/aromatic N) is 4. The molecule has 1 heterocycles. The van der Waals surface area contributed by atoms with Crippen molar-refractivity contribution in [3.05, 3.63) is 52.3 Å². The van der Waals surface area contributed by atoms with E-state index in [0.29, 0.717) is 11.7 Å². The van der Waals surface area contributed by atoms with Crippen LogP contribution in [-0.2, 0) is 12.3 Å². The minimum absolute atomic E-state index is 0.0132. The van der Waals surface area contributed by atoms with Crippen LogP contribution in [0.25, 0.3) is 0 Å². The van der Waals surface area contributed by atoms with Crippen LogP contribution in [-0.4, -0.2) is 19.7 Å². The molecule has 0 radical (unpaired) electrons. The molecule has 0 saturated carbocycles. The van der Waals surface area contributed by atoms with Crippen LogP contribution in [0.4, 0.5) is 16.0 Å². The molecule has 9 heteroatoms. The summed E-state index contributed by atoms with van der Waals surface area (Å²) < 4.78 is 15.4. The Kier molecular flexibility index (Phi) is 4.53. The Morgan fingerprint density at radius 3 is 2.95 bits per heavy atom. The maximum atomic E-state index is 13.8. The number of hydrogen-bond acceptors (Lipinski definition) is 6. The first-order valence-electron chi connectivity index (χ1n) is 5.88. The van der Waals surface area contributed by atoms with Gasteiger partial charge >= 0.3 is 0 Å². The number of rotatable bonds is 6. The Labute approximate surface area is 123 Å². The number of nitrogen functional groups attached to an aromatic ring is 1. The number of nitro benzene ring substituents is 1. The van der Waals surface area contributed by atoms with E-state index in [1.165, 1.54) is 18.2 Å². The maximum Gasteiger partial charge on any atom is 0.276 e. The lowest BCUT2D eigenvalue weighted by Gasteiger charge is -2.06. The van der Waals surface area contributed by atoms with Crippen molar-refractivity contribution in [1.82, 2.24) is 14.8 Å². The van der Waals surface area contributed by atoms with Gasteiger partial charge in [-0.15, -0.1) is 16.8 Å². The van der Waals surface area contributed by atoms with Crippen molar-refractivity contribution in [2.45, 2.75) is 17.5 Å². The molecule has 0 spiro atoms. The second-order valence-corrected chi connectivity index (χ2v) is 4.97. The lowest BCUT2D eigenvalue weighted by Crippen LogP contribution is -2.03. The van der Waals surface area contributed by atoms with Gasteiger partial charge in [0.1, 0.15) is 5.82 Å². The van der Waals surface area contributed by atoms with Crippen LogP contribution in [0.3, 0.4) is 0 Å². The molecule has 110 valence electrons. The van der Waals surface area contributed by atoms with Crippen molar-refractivity contribution in [3.8, 4) is 0 Å². The molecular formula is C12H12FN5O2S. The van der Waals surface area contributed by atoms with Gasteiger partial charge in [-0.05, 0) is 6.07 Å². The van der Waals surface area contributed by atoms with Crippen LogP contribution in [0.15, 0.2) is 36.0 Å². The number of anilines is 1. The summed E-state index contributed by atoms with van der Waals surface area (Å²) in [5.74, 6) is -0.363. The second kappa shape index (κ2) is 6.35. The first-order valence-corrected chi connectivity index (χ1v) is 6.87. The van der Waals surface area contributed by atoms with E-state index in [1.807, 2.05) is 0 Å². The maximum absolute atomic E-state index is 13.8. The Morgan fingerprint density at radius 1 is 1.52 bits per heavy atom. The van der Waals surface area contributed by atoms with Gasteiger partial charge in [-0.3, -0.25) is 14.7 Å². The summed E-state index contributed by atoms with van der Waals surface area (Å²) in [6, 6.07) is 3.76. The molecule has 0 saturated heterocycles. The molecule has 0 aliphatic rings. The van der Waals surface area contributed by atoms with Gasteiger partial charge in [0, 0.05) is 18.4 Å². The molecule has 0 aliphatic heterocycles. The van der Waals surface area contributed by atoms with Gasteiger partial charge in [0.15, 0.2) is 5.16 Å². The quantitative estimate of drug-likeness (QED) is 0.380. The molecule has 21 heavy (non-hydrogen) atoms. The van der Waals surface area contributed by atoms with Gasteiger partial charge in [0.05, 0.1) is 10.5 Å². The lowest BCUT2D eigenvalue weighted by molar-refractivity contribution is -0.385. The molecule has 0 atom stereocenters. The van der Waals surface area contributed by atoms with Crippen molar-refractivity contribution >= 4 is 23.4 Å². The average molecular weight is 309 g/mol. The Hall–Kier alpha value is -2.42. The van der Waals surface area contributed by atoms with E-state index >= 15 is 0 Å². The summed E-state index contributed by atoms with van der Waals surface area (Å²) in [6.07, 6.45) is 1.62. The zero-order valence-corrected chi connectivity index (χ0v) is 11.7. The van der Waals surface area contributed by atoms with Gasteiger partial charge in [-0.2, -0.15) is 0 Å². The lowest BCUT2D eigenvalue weighted by atomic mass is 10.2. The summed E-state index contributed by atoms with van der Waals surface area (Å²) in [4.78, 5) is 10.3. The summed E-state index contributed by atoms with van der Waals surface area (Å²) in [5, 5.41) is 19.0. The monoisotopic (exact) mass is 309 g/mol. The SMILES string of the molecule is C=CCn1c(N)nnc1SCc1c(F)cccc1[N+](=O)[O-]. The van der Waals surface area contributed by atoms with Crippen molar-refractivity contribution < 1.29 is 9.31 Å².